The molecule has 6 nitrogen and oxygen atoms in total. The molecule has 0 saturated carbocycles. The van der Waals surface area contributed by atoms with E-state index in [1.807, 2.05) is 6.08 Å². The van der Waals surface area contributed by atoms with Crippen molar-refractivity contribution in [3.8, 4) is 0 Å². The minimum absolute atomic E-state index is 0.0998. The van der Waals surface area contributed by atoms with Gasteiger partial charge in [0.1, 0.15) is 13.2 Å². The summed E-state index contributed by atoms with van der Waals surface area (Å²) >= 11 is 0. The summed E-state index contributed by atoms with van der Waals surface area (Å²) in [4.78, 5) is 37.8. The molecule has 0 aromatic rings. The molecular formula is C55H98O6. The third-order valence-corrected chi connectivity index (χ3v) is 11.4. The van der Waals surface area contributed by atoms with Gasteiger partial charge in [0, 0.05) is 12.8 Å². The fourth-order valence-electron chi connectivity index (χ4n) is 7.44. The number of carbonyl (C=O) groups is 3. The monoisotopic (exact) mass is 855 g/mol. The van der Waals surface area contributed by atoms with Crippen molar-refractivity contribution in [1.82, 2.24) is 0 Å². The zero-order chi connectivity index (χ0) is 44.4. The molecule has 0 radical (unpaired) electrons. The zero-order valence-corrected chi connectivity index (χ0v) is 40.4. The molecule has 0 heterocycles. The molecule has 6 heteroatoms. The highest BCUT2D eigenvalue weighted by Crippen LogP contribution is 2.16. The molecule has 0 N–H and O–H groups in total. The lowest BCUT2D eigenvalue weighted by Crippen LogP contribution is -2.30. The van der Waals surface area contributed by atoms with Crippen molar-refractivity contribution < 1.29 is 28.6 Å². The van der Waals surface area contributed by atoms with E-state index in [2.05, 4.69) is 57.2 Å². The second kappa shape index (κ2) is 50.0. The second-order valence-corrected chi connectivity index (χ2v) is 17.4. The minimum atomic E-state index is -0.806. The van der Waals surface area contributed by atoms with Crippen LogP contribution < -0.4 is 0 Å². The highest BCUT2D eigenvalue weighted by atomic mass is 16.6. The third kappa shape index (κ3) is 48.3. The molecule has 0 spiro atoms. The molecule has 1 unspecified atom stereocenters. The second-order valence-electron chi connectivity index (χ2n) is 17.4. The van der Waals surface area contributed by atoms with Gasteiger partial charge in [0.25, 0.3) is 0 Å². The molecule has 0 aromatic carbocycles. The van der Waals surface area contributed by atoms with E-state index in [0.29, 0.717) is 12.8 Å². The molecule has 0 aliphatic carbocycles. The molecule has 0 amide bonds. The summed E-state index contributed by atoms with van der Waals surface area (Å²) in [5.74, 6) is -1.02. The molecule has 0 saturated heterocycles. The number of ether oxygens (including phenoxy) is 3. The van der Waals surface area contributed by atoms with Crippen LogP contribution in [0.1, 0.15) is 265 Å². The SMILES string of the molecule is CC/C=C\C/C=C\C/C=C\CC(=O)OCC(COC(=O)CCCCCCCCC/C=C\CCCCCCCCCC)OC(=O)CCCCCCCCCCCCCCCCC. The first-order valence-electron chi connectivity index (χ1n) is 26.1. The van der Waals surface area contributed by atoms with Crippen LogP contribution in [-0.2, 0) is 28.6 Å². The Morgan fingerprint density at radius 3 is 1.13 bits per heavy atom. The fraction of sp³-hybridized carbons (Fsp3) is 0.800. The van der Waals surface area contributed by atoms with Gasteiger partial charge < -0.3 is 14.2 Å². The van der Waals surface area contributed by atoms with Gasteiger partial charge in [-0.05, 0) is 57.8 Å². The van der Waals surface area contributed by atoms with E-state index in [-0.39, 0.29) is 31.6 Å². The topological polar surface area (TPSA) is 78.9 Å². The molecule has 0 aliphatic heterocycles. The molecule has 354 valence electrons. The van der Waals surface area contributed by atoms with Crippen molar-refractivity contribution in [2.24, 2.45) is 0 Å². The summed E-state index contributed by atoms with van der Waals surface area (Å²) in [6.45, 7) is 6.44. The van der Waals surface area contributed by atoms with Crippen molar-refractivity contribution in [2.75, 3.05) is 13.2 Å². The van der Waals surface area contributed by atoms with Crippen LogP contribution in [0.5, 0.6) is 0 Å². The number of hydrogen-bond donors (Lipinski definition) is 0. The molecule has 0 aromatic heterocycles. The number of unbranched alkanes of at least 4 members (excludes halogenated alkanes) is 29. The molecular weight excluding hydrogens is 757 g/mol. The summed E-state index contributed by atoms with van der Waals surface area (Å²) in [5.41, 5.74) is 0. The maximum Gasteiger partial charge on any atom is 0.309 e. The Morgan fingerprint density at radius 1 is 0.361 bits per heavy atom. The average Bonchev–Trinajstić information content (AvgIpc) is 3.26. The lowest BCUT2D eigenvalue weighted by atomic mass is 10.0. The van der Waals surface area contributed by atoms with Crippen LogP contribution in [0.4, 0.5) is 0 Å². The molecule has 1 atom stereocenters. The Hall–Kier alpha value is -2.63. The standard InChI is InChI=1S/C55H98O6/c1-4-7-10-13-16-19-21-23-25-26-27-28-30-31-33-36-39-42-45-48-54(57)60-51-52(50-59-53(56)47-44-41-38-35-18-15-12-9-6-3)61-55(58)49-46-43-40-37-34-32-29-24-22-20-17-14-11-8-5-2/h9,12,18,26-27,35,41,44,52H,4-8,10-11,13-17,19-25,28-34,36-40,42-43,45-51H2,1-3H3/b12-9-,27-26-,35-18-,44-41-. The van der Waals surface area contributed by atoms with Crippen LogP contribution in [0.25, 0.3) is 0 Å². The Kier molecular flexibility index (Phi) is 47.9. The maximum atomic E-state index is 12.8. The smallest absolute Gasteiger partial charge is 0.309 e. The highest BCUT2D eigenvalue weighted by Gasteiger charge is 2.19. The van der Waals surface area contributed by atoms with Crippen LogP contribution >= 0.6 is 0 Å². The summed E-state index contributed by atoms with van der Waals surface area (Å²) in [5, 5.41) is 0. The van der Waals surface area contributed by atoms with E-state index in [9.17, 15) is 14.4 Å². The number of hydrogen-bond acceptors (Lipinski definition) is 6. The predicted molar refractivity (Wildman–Crippen MR) is 261 cm³/mol. The van der Waals surface area contributed by atoms with Crippen LogP contribution in [0.3, 0.4) is 0 Å². The Labute approximate surface area is 378 Å². The summed E-state index contributed by atoms with van der Waals surface area (Å²) in [7, 11) is 0. The first-order valence-corrected chi connectivity index (χ1v) is 26.1. The van der Waals surface area contributed by atoms with Gasteiger partial charge in [0.15, 0.2) is 6.10 Å². The summed E-state index contributed by atoms with van der Waals surface area (Å²) < 4.78 is 16.7. The number of esters is 3. The van der Waals surface area contributed by atoms with Gasteiger partial charge in [-0.15, -0.1) is 0 Å². The van der Waals surface area contributed by atoms with Gasteiger partial charge in [-0.3, -0.25) is 14.4 Å². The first kappa shape index (κ1) is 58.4. The largest absolute Gasteiger partial charge is 0.462 e. The normalized spacial score (nSPS) is 12.4. The van der Waals surface area contributed by atoms with E-state index in [0.717, 1.165) is 57.8 Å². The maximum absolute atomic E-state index is 12.8. The Morgan fingerprint density at radius 2 is 0.705 bits per heavy atom. The van der Waals surface area contributed by atoms with Gasteiger partial charge in [0.2, 0.25) is 0 Å². The van der Waals surface area contributed by atoms with Crippen molar-refractivity contribution in [2.45, 2.75) is 271 Å². The van der Waals surface area contributed by atoms with E-state index in [1.54, 1.807) is 6.08 Å². The van der Waals surface area contributed by atoms with Crippen molar-refractivity contribution in [1.29, 1.82) is 0 Å². The van der Waals surface area contributed by atoms with Crippen molar-refractivity contribution >= 4 is 17.9 Å². The zero-order valence-electron chi connectivity index (χ0n) is 40.4. The van der Waals surface area contributed by atoms with E-state index in [4.69, 9.17) is 14.2 Å². The molecule has 0 bridgehead atoms. The van der Waals surface area contributed by atoms with Gasteiger partial charge >= 0.3 is 17.9 Å². The minimum Gasteiger partial charge on any atom is -0.462 e. The van der Waals surface area contributed by atoms with Crippen LogP contribution in [0.2, 0.25) is 0 Å². The highest BCUT2D eigenvalue weighted by molar-refractivity contribution is 5.72. The Balaban J connectivity index is 4.32. The number of allylic oxidation sites excluding steroid dienone is 7. The van der Waals surface area contributed by atoms with Crippen molar-refractivity contribution in [3.05, 3.63) is 48.6 Å². The van der Waals surface area contributed by atoms with Gasteiger partial charge in [-0.2, -0.15) is 0 Å². The lowest BCUT2D eigenvalue weighted by molar-refractivity contribution is -0.166. The molecule has 0 aliphatic rings. The van der Waals surface area contributed by atoms with Crippen LogP contribution in [-0.4, -0.2) is 37.2 Å². The quantitative estimate of drug-likeness (QED) is 0.0263. The number of carbonyl (C=O) groups excluding carboxylic acids is 3. The molecule has 61 heavy (non-hydrogen) atoms. The third-order valence-electron chi connectivity index (χ3n) is 11.4. The molecule has 0 fully saturated rings. The first-order chi connectivity index (χ1) is 30.0. The van der Waals surface area contributed by atoms with E-state index < -0.39 is 12.1 Å². The van der Waals surface area contributed by atoms with Gasteiger partial charge in [0.05, 0.1) is 6.42 Å². The van der Waals surface area contributed by atoms with E-state index in [1.165, 1.54) is 167 Å². The molecule has 0 rings (SSSR count). The van der Waals surface area contributed by atoms with Gasteiger partial charge in [-0.1, -0.05) is 236 Å². The predicted octanol–water partition coefficient (Wildman–Crippen LogP) is 17.1. The summed E-state index contributed by atoms with van der Waals surface area (Å²) in [6.07, 6.45) is 59.9. The van der Waals surface area contributed by atoms with Gasteiger partial charge in [-0.25, -0.2) is 0 Å². The Bertz CT molecular complexity index is 1070. The van der Waals surface area contributed by atoms with E-state index >= 15 is 0 Å². The lowest BCUT2D eigenvalue weighted by Gasteiger charge is -2.18. The van der Waals surface area contributed by atoms with Crippen LogP contribution in [0.15, 0.2) is 48.6 Å². The van der Waals surface area contributed by atoms with Crippen molar-refractivity contribution in [3.63, 3.8) is 0 Å². The van der Waals surface area contributed by atoms with Crippen LogP contribution in [0, 0.1) is 0 Å². The fourth-order valence-corrected chi connectivity index (χ4v) is 7.44. The average molecular weight is 855 g/mol. The number of rotatable bonds is 47. The summed E-state index contributed by atoms with van der Waals surface area (Å²) in [6, 6.07) is 0.